The number of nitrogens with one attached hydrogen (secondary N) is 1. The van der Waals surface area contributed by atoms with Crippen LogP contribution in [0.15, 0.2) is 133 Å². The van der Waals surface area contributed by atoms with Crippen LogP contribution in [-0.4, -0.2) is 76.5 Å². The van der Waals surface area contributed by atoms with Crippen molar-refractivity contribution in [2.45, 2.75) is 62.6 Å². The first-order chi connectivity index (χ1) is 27.7. The van der Waals surface area contributed by atoms with Crippen molar-refractivity contribution in [3.05, 3.63) is 155 Å². The van der Waals surface area contributed by atoms with Crippen molar-refractivity contribution < 1.29 is 47.7 Å². The van der Waals surface area contributed by atoms with Gasteiger partial charge in [0.25, 0.3) is 5.91 Å². The first-order valence-electron chi connectivity index (χ1n) is 18.6. The summed E-state index contributed by atoms with van der Waals surface area (Å²) in [6.45, 7) is 5.36. The molecule has 0 saturated carbocycles. The summed E-state index contributed by atoms with van der Waals surface area (Å²) < 4.78 is 29.0. The zero-order chi connectivity index (χ0) is 41.5. The summed E-state index contributed by atoms with van der Waals surface area (Å²) in [6.07, 6.45) is -2.63. The Balaban J connectivity index is 1.26. The van der Waals surface area contributed by atoms with Gasteiger partial charge in [-0.2, -0.15) is 0 Å². The molecule has 2 amide bonds. The molecule has 1 saturated heterocycles. The number of carbonyl (C=O) groups excluding carboxylic acids is 5. The summed E-state index contributed by atoms with van der Waals surface area (Å²) in [4.78, 5) is 68.5. The van der Waals surface area contributed by atoms with Crippen molar-refractivity contribution in [1.82, 2.24) is 10.2 Å². The number of esters is 3. The van der Waals surface area contributed by atoms with Crippen LogP contribution in [0.3, 0.4) is 0 Å². The minimum Gasteiger partial charge on any atom is -0.461 e. The number of nitrogens with zero attached hydrogens (tertiary/aromatic N) is 1. The van der Waals surface area contributed by atoms with Crippen LogP contribution in [-0.2, 0) is 42.9 Å². The van der Waals surface area contributed by atoms with Gasteiger partial charge in [-0.25, -0.2) is 14.4 Å². The molecule has 1 fully saturated rings. The van der Waals surface area contributed by atoms with Gasteiger partial charge in [0, 0.05) is 18.2 Å². The third-order valence-electron chi connectivity index (χ3n) is 9.12. The van der Waals surface area contributed by atoms with Gasteiger partial charge < -0.3 is 29.0 Å². The van der Waals surface area contributed by atoms with Gasteiger partial charge in [0.15, 0.2) is 18.2 Å². The summed E-state index contributed by atoms with van der Waals surface area (Å²) in [7, 11) is 0. The van der Waals surface area contributed by atoms with Gasteiger partial charge in [0.1, 0.15) is 23.3 Å². The topological polar surface area (TPSA) is 173 Å². The van der Waals surface area contributed by atoms with Crippen molar-refractivity contribution >= 4 is 41.7 Å². The number of β-lactam (4-membered cyclic amide) rings is 1. The summed E-state index contributed by atoms with van der Waals surface area (Å²) in [6, 6.07) is 34.9. The maximum Gasteiger partial charge on any atom is 0.408 e. The van der Waals surface area contributed by atoms with E-state index < -0.39 is 71.5 Å². The third-order valence-corrected chi connectivity index (χ3v) is 10.5. The summed E-state index contributed by atoms with van der Waals surface area (Å²) in [5.41, 5.74) is 6.65. The van der Waals surface area contributed by atoms with Crippen LogP contribution < -0.4 is 11.1 Å². The largest absolute Gasteiger partial charge is 0.461 e. The lowest BCUT2D eigenvalue weighted by Crippen LogP contribution is -2.79. The second-order valence-corrected chi connectivity index (χ2v) is 15.7. The van der Waals surface area contributed by atoms with E-state index in [-0.39, 0.29) is 18.1 Å². The predicted molar refractivity (Wildman–Crippen MR) is 214 cm³/mol. The average molecular weight is 808 g/mol. The van der Waals surface area contributed by atoms with Crippen LogP contribution in [0.25, 0.3) is 0 Å². The highest BCUT2D eigenvalue weighted by molar-refractivity contribution is 8.00. The lowest BCUT2D eigenvalue weighted by molar-refractivity contribution is -0.192. The Morgan fingerprint density at radius 2 is 1.26 bits per heavy atom. The highest BCUT2D eigenvalue weighted by Gasteiger charge is 2.64. The van der Waals surface area contributed by atoms with Crippen LogP contribution in [0.2, 0.25) is 0 Å². The first-order valence-corrected chi connectivity index (χ1v) is 19.6. The Morgan fingerprint density at radius 3 is 1.71 bits per heavy atom. The summed E-state index contributed by atoms with van der Waals surface area (Å²) >= 11 is 1.17. The van der Waals surface area contributed by atoms with E-state index in [0.29, 0.717) is 27.8 Å². The van der Waals surface area contributed by atoms with E-state index in [1.807, 2.05) is 121 Å². The lowest BCUT2D eigenvalue weighted by Gasteiger charge is -2.54. The molecule has 58 heavy (non-hydrogen) atoms. The Bertz CT molecular complexity index is 2050. The number of hydrogen-bond acceptors (Lipinski definition) is 12. The number of benzene rings is 4. The number of thioether (sulfide) groups is 1. The number of carbonyl (C=O) groups is 5. The van der Waals surface area contributed by atoms with Crippen molar-refractivity contribution in [2.24, 2.45) is 5.73 Å². The number of amides is 2. The quantitative estimate of drug-likeness (QED) is 0.0665. The number of ether oxygens (including phenoxy) is 5. The molecule has 14 heteroatoms. The molecule has 3 N–H and O–H groups in total. The van der Waals surface area contributed by atoms with Gasteiger partial charge in [0.2, 0.25) is 5.72 Å². The molecule has 4 aromatic carbocycles. The second kappa shape index (κ2) is 18.1. The van der Waals surface area contributed by atoms with Gasteiger partial charge in [-0.15, -0.1) is 11.8 Å². The molecule has 2 aliphatic heterocycles. The molecule has 0 aliphatic carbocycles. The fraction of sp³-hybridized carbons (Fsp3) is 0.295. The lowest BCUT2D eigenvalue weighted by atomic mass is 9.98. The molecule has 3 atom stereocenters. The minimum absolute atomic E-state index is 0.118. The monoisotopic (exact) mass is 807 g/mol. The number of alkyl carbamates (subject to hydrolysis) is 1. The molecule has 13 nitrogen and oxygen atoms in total. The van der Waals surface area contributed by atoms with Gasteiger partial charge in [-0.3, -0.25) is 20.2 Å². The maximum absolute atomic E-state index is 14.3. The van der Waals surface area contributed by atoms with Gasteiger partial charge in [-0.1, -0.05) is 121 Å². The van der Waals surface area contributed by atoms with E-state index in [1.165, 1.54) is 18.7 Å². The highest BCUT2D eigenvalue weighted by Crippen LogP contribution is 2.46. The fourth-order valence-corrected chi connectivity index (χ4v) is 7.75. The third kappa shape index (κ3) is 9.76. The molecule has 6 rings (SSSR count). The van der Waals surface area contributed by atoms with E-state index in [0.717, 1.165) is 4.90 Å². The normalized spacial score (nSPS) is 18.2. The molecule has 2 heterocycles. The number of hydrogen-bond donors (Lipinski definition) is 2. The molecule has 0 spiro atoms. The van der Waals surface area contributed by atoms with Crippen LogP contribution in [0.5, 0.6) is 0 Å². The predicted octanol–water partition coefficient (Wildman–Crippen LogP) is 5.95. The second-order valence-electron chi connectivity index (χ2n) is 14.6. The SMILES string of the molecule is CC(=O)OCC1=C(C(=O)OC(c2ccccc2)c2ccccc2)N2C(=O)[C@@](N)(OCC(NC(=O)OC(C)(C)C)C(=O)OC(c3ccccc3)c3ccccc3)[C@H]2SC1. The van der Waals surface area contributed by atoms with Crippen molar-refractivity contribution in [2.75, 3.05) is 19.0 Å². The van der Waals surface area contributed by atoms with Crippen LogP contribution in [0.4, 0.5) is 4.79 Å². The van der Waals surface area contributed by atoms with Crippen LogP contribution >= 0.6 is 11.8 Å². The molecule has 1 unspecified atom stereocenters. The molecule has 0 aromatic heterocycles. The first kappa shape index (κ1) is 41.7. The highest BCUT2D eigenvalue weighted by atomic mass is 32.2. The van der Waals surface area contributed by atoms with Gasteiger partial charge in [-0.05, 0) is 43.0 Å². The van der Waals surface area contributed by atoms with Crippen LogP contribution in [0, 0.1) is 0 Å². The molecule has 4 aromatic rings. The van der Waals surface area contributed by atoms with Gasteiger partial charge in [0.05, 0.1) is 6.61 Å². The molecule has 0 bridgehead atoms. The Labute approximate surface area is 340 Å². The average Bonchev–Trinajstić information content (AvgIpc) is 3.22. The molecular weight excluding hydrogens is 763 g/mol. The van der Waals surface area contributed by atoms with E-state index in [4.69, 9.17) is 29.4 Å². The minimum atomic E-state index is -2.06. The Morgan fingerprint density at radius 1 is 0.793 bits per heavy atom. The number of nitrogens with two attached hydrogens (primary N) is 1. The number of rotatable bonds is 14. The molecule has 0 radical (unpaired) electrons. The van der Waals surface area contributed by atoms with E-state index in [1.54, 1.807) is 20.8 Å². The molecular formula is C44H45N3O10S. The fourth-order valence-electron chi connectivity index (χ4n) is 6.41. The van der Waals surface area contributed by atoms with Crippen molar-refractivity contribution in [1.29, 1.82) is 0 Å². The summed E-state index contributed by atoms with van der Waals surface area (Å²) in [5, 5.41) is 1.55. The standard InChI is InChI=1S/C44H45N3O10S/c1-28(48)53-25-33-27-58-41-44(45,40(51)47(41)35(33)39(50)56-37(31-21-13-7-14-22-31)32-23-15-8-16-24-32)54-26-34(46-42(52)57-43(2,3)4)38(49)55-36(29-17-9-5-10-18-29)30-19-11-6-12-20-30/h5-24,34,36-37,41H,25-27,45H2,1-4H3,(H,46,52)/t34?,41-,44-/m1/s1. The zero-order valence-corrected chi connectivity index (χ0v) is 33.3. The molecule has 2 aliphatic rings. The van der Waals surface area contributed by atoms with Crippen molar-refractivity contribution in [3.8, 4) is 0 Å². The smallest absolute Gasteiger partial charge is 0.408 e. The molecule has 302 valence electrons. The van der Waals surface area contributed by atoms with Crippen molar-refractivity contribution in [3.63, 3.8) is 0 Å². The maximum atomic E-state index is 14.3. The van der Waals surface area contributed by atoms with Crippen LogP contribution in [0.1, 0.15) is 62.2 Å². The Kier molecular flexibility index (Phi) is 13.0. The van der Waals surface area contributed by atoms with Gasteiger partial charge >= 0.3 is 24.0 Å². The van der Waals surface area contributed by atoms with E-state index >= 15 is 0 Å². The zero-order valence-electron chi connectivity index (χ0n) is 32.5. The number of fused-ring (bicyclic) bond motifs is 1. The summed E-state index contributed by atoms with van der Waals surface area (Å²) in [5.74, 6) is -3.01. The van der Waals surface area contributed by atoms with E-state index in [9.17, 15) is 24.0 Å². The van der Waals surface area contributed by atoms with E-state index in [2.05, 4.69) is 5.32 Å². The Hall–Kier alpha value is -5.96.